The van der Waals surface area contributed by atoms with Crippen LogP contribution in [0.4, 0.5) is 5.00 Å². The fourth-order valence-corrected chi connectivity index (χ4v) is 2.65. The third-order valence-corrected chi connectivity index (χ3v) is 4.15. The minimum absolute atomic E-state index is 0.0579. The average molecular weight is 326 g/mol. The lowest BCUT2D eigenvalue weighted by atomic mass is 9.96. The van der Waals surface area contributed by atoms with E-state index in [0.717, 1.165) is 12.0 Å². The van der Waals surface area contributed by atoms with E-state index in [1.54, 1.807) is 0 Å². The van der Waals surface area contributed by atoms with Crippen molar-refractivity contribution in [2.45, 2.75) is 41.0 Å². The van der Waals surface area contributed by atoms with Crippen LogP contribution in [0.25, 0.3) is 0 Å². The van der Waals surface area contributed by atoms with E-state index in [0.29, 0.717) is 29.6 Å². The van der Waals surface area contributed by atoms with Gasteiger partial charge in [0.15, 0.2) is 0 Å². The van der Waals surface area contributed by atoms with Gasteiger partial charge in [0.25, 0.3) is 5.91 Å². The summed E-state index contributed by atoms with van der Waals surface area (Å²) in [7, 11) is 0. The highest BCUT2D eigenvalue weighted by Gasteiger charge is 2.22. The molecule has 0 fully saturated rings. The van der Waals surface area contributed by atoms with E-state index in [1.165, 1.54) is 11.3 Å². The van der Waals surface area contributed by atoms with Crippen molar-refractivity contribution in [3.05, 3.63) is 16.5 Å². The lowest BCUT2D eigenvalue weighted by molar-refractivity contribution is -0.123. The number of thiophene rings is 1. The average Bonchev–Trinajstić information content (AvgIpc) is 2.78. The second-order valence-electron chi connectivity index (χ2n) is 6.13. The maximum absolute atomic E-state index is 12.1. The van der Waals surface area contributed by atoms with Gasteiger partial charge in [-0.3, -0.25) is 9.59 Å². The van der Waals surface area contributed by atoms with Gasteiger partial charge in [0.1, 0.15) is 0 Å². The number of amides is 2. The van der Waals surface area contributed by atoms with Crippen LogP contribution in [0.1, 0.15) is 49.4 Å². The normalized spacial score (nSPS) is 11.3. The van der Waals surface area contributed by atoms with Crippen molar-refractivity contribution in [3.8, 4) is 0 Å². The molecule has 0 radical (unpaired) electrons. The molecule has 0 aliphatic rings. The van der Waals surface area contributed by atoms with Gasteiger partial charge in [-0.1, -0.05) is 20.8 Å². The minimum atomic E-state index is -0.459. The second kappa shape index (κ2) is 8.29. The van der Waals surface area contributed by atoms with Gasteiger partial charge < -0.3 is 15.4 Å². The zero-order valence-corrected chi connectivity index (χ0v) is 14.9. The van der Waals surface area contributed by atoms with Crippen molar-refractivity contribution in [2.75, 3.05) is 25.1 Å². The molecule has 2 N–H and O–H groups in total. The lowest BCUT2D eigenvalue weighted by Crippen LogP contribution is -2.27. The molecule has 1 heterocycles. The first kappa shape index (κ1) is 18.6. The molecule has 6 heteroatoms. The van der Waals surface area contributed by atoms with E-state index in [2.05, 4.69) is 10.6 Å². The first-order valence-corrected chi connectivity index (χ1v) is 8.35. The zero-order valence-electron chi connectivity index (χ0n) is 14.0. The molecule has 1 aromatic heterocycles. The standard InChI is InChI=1S/C16H26N2O3S/c1-6-21-9-7-8-17-14(19)13-11(2)10-12(22-13)18-15(20)16(3,4)5/h10H,6-9H2,1-5H3,(H,17,19)(H,18,20). The van der Waals surface area contributed by atoms with Crippen LogP contribution >= 0.6 is 11.3 Å². The van der Waals surface area contributed by atoms with Gasteiger partial charge >= 0.3 is 0 Å². The summed E-state index contributed by atoms with van der Waals surface area (Å²) < 4.78 is 5.23. The Morgan fingerprint density at radius 1 is 1.32 bits per heavy atom. The SMILES string of the molecule is CCOCCCNC(=O)c1sc(NC(=O)C(C)(C)C)cc1C. The smallest absolute Gasteiger partial charge is 0.261 e. The van der Waals surface area contributed by atoms with E-state index in [1.807, 2.05) is 40.7 Å². The quantitative estimate of drug-likeness (QED) is 0.756. The molecule has 124 valence electrons. The first-order valence-electron chi connectivity index (χ1n) is 7.53. The van der Waals surface area contributed by atoms with E-state index in [9.17, 15) is 9.59 Å². The molecule has 0 saturated heterocycles. The highest BCUT2D eigenvalue weighted by molar-refractivity contribution is 7.18. The number of anilines is 1. The van der Waals surface area contributed by atoms with Crippen LogP contribution in [0.3, 0.4) is 0 Å². The Morgan fingerprint density at radius 3 is 2.59 bits per heavy atom. The molecule has 0 unspecified atom stereocenters. The Morgan fingerprint density at radius 2 is 2.00 bits per heavy atom. The molecule has 0 aromatic carbocycles. The summed E-state index contributed by atoms with van der Waals surface area (Å²) in [5.41, 5.74) is 0.413. The van der Waals surface area contributed by atoms with Gasteiger partial charge in [0, 0.05) is 25.2 Å². The summed E-state index contributed by atoms with van der Waals surface area (Å²) in [4.78, 5) is 24.8. The second-order valence-corrected chi connectivity index (χ2v) is 7.19. The molecule has 5 nitrogen and oxygen atoms in total. The molecule has 0 saturated carbocycles. The molecule has 22 heavy (non-hydrogen) atoms. The summed E-state index contributed by atoms with van der Waals surface area (Å²) in [6, 6.07) is 1.84. The van der Waals surface area contributed by atoms with Crippen molar-refractivity contribution in [2.24, 2.45) is 5.41 Å². The molecular weight excluding hydrogens is 300 g/mol. The number of nitrogens with one attached hydrogen (secondary N) is 2. The van der Waals surface area contributed by atoms with Gasteiger partial charge in [0.05, 0.1) is 9.88 Å². The van der Waals surface area contributed by atoms with Crippen LogP contribution < -0.4 is 10.6 Å². The van der Waals surface area contributed by atoms with Crippen molar-refractivity contribution >= 4 is 28.2 Å². The number of hydrogen-bond donors (Lipinski definition) is 2. The van der Waals surface area contributed by atoms with Gasteiger partial charge in [-0.2, -0.15) is 0 Å². The number of ether oxygens (including phenoxy) is 1. The van der Waals surface area contributed by atoms with Crippen molar-refractivity contribution in [1.29, 1.82) is 0 Å². The fraction of sp³-hybridized carbons (Fsp3) is 0.625. The van der Waals surface area contributed by atoms with Gasteiger partial charge in [0.2, 0.25) is 5.91 Å². The van der Waals surface area contributed by atoms with Gasteiger partial charge in [-0.15, -0.1) is 11.3 Å². The van der Waals surface area contributed by atoms with Crippen LogP contribution in [0.15, 0.2) is 6.07 Å². The maximum atomic E-state index is 12.1. The summed E-state index contributed by atoms with van der Waals surface area (Å²) >= 11 is 1.31. The monoisotopic (exact) mass is 326 g/mol. The highest BCUT2D eigenvalue weighted by Crippen LogP contribution is 2.28. The van der Waals surface area contributed by atoms with Crippen molar-refractivity contribution in [1.82, 2.24) is 5.32 Å². The molecule has 0 bridgehead atoms. The fourth-order valence-electron chi connectivity index (χ4n) is 1.67. The minimum Gasteiger partial charge on any atom is -0.382 e. The summed E-state index contributed by atoms with van der Waals surface area (Å²) in [6.45, 7) is 11.3. The number of carbonyl (C=O) groups excluding carboxylic acids is 2. The van der Waals surface area contributed by atoms with Crippen molar-refractivity contribution < 1.29 is 14.3 Å². The summed E-state index contributed by atoms with van der Waals surface area (Å²) in [5, 5.41) is 6.44. The largest absolute Gasteiger partial charge is 0.382 e. The number of hydrogen-bond acceptors (Lipinski definition) is 4. The molecule has 2 amide bonds. The van der Waals surface area contributed by atoms with Crippen LogP contribution in [-0.2, 0) is 9.53 Å². The summed E-state index contributed by atoms with van der Waals surface area (Å²) in [6.07, 6.45) is 0.789. The molecule has 1 aromatic rings. The molecule has 0 aliphatic carbocycles. The Bertz CT molecular complexity index is 518. The topological polar surface area (TPSA) is 67.4 Å². The molecule has 0 spiro atoms. The third kappa shape index (κ3) is 5.77. The molecular formula is C16H26N2O3S. The number of carbonyl (C=O) groups is 2. The van der Waals surface area contributed by atoms with E-state index in [4.69, 9.17) is 4.74 Å². The number of rotatable bonds is 7. The van der Waals surface area contributed by atoms with Crippen LogP contribution in [-0.4, -0.2) is 31.6 Å². The Kier molecular flexibility index (Phi) is 7.03. The predicted octanol–water partition coefficient (Wildman–Crippen LogP) is 3.20. The molecule has 0 atom stereocenters. The van der Waals surface area contributed by atoms with E-state index < -0.39 is 5.41 Å². The van der Waals surface area contributed by atoms with E-state index >= 15 is 0 Å². The third-order valence-electron chi connectivity index (χ3n) is 3.00. The summed E-state index contributed by atoms with van der Waals surface area (Å²) in [5.74, 6) is -0.160. The van der Waals surface area contributed by atoms with Crippen LogP contribution in [0.2, 0.25) is 0 Å². The maximum Gasteiger partial charge on any atom is 0.261 e. The van der Waals surface area contributed by atoms with Crippen LogP contribution in [0, 0.1) is 12.3 Å². The Hall–Kier alpha value is -1.40. The van der Waals surface area contributed by atoms with Crippen LogP contribution in [0.5, 0.6) is 0 Å². The molecule has 1 rings (SSSR count). The van der Waals surface area contributed by atoms with Gasteiger partial charge in [-0.25, -0.2) is 0 Å². The lowest BCUT2D eigenvalue weighted by Gasteiger charge is -2.16. The number of aryl methyl sites for hydroxylation is 1. The molecule has 0 aliphatic heterocycles. The van der Waals surface area contributed by atoms with Crippen molar-refractivity contribution in [3.63, 3.8) is 0 Å². The Balaban J connectivity index is 2.58. The first-order chi connectivity index (χ1) is 10.3. The van der Waals surface area contributed by atoms with Gasteiger partial charge in [-0.05, 0) is 31.9 Å². The predicted molar refractivity (Wildman–Crippen MR) is 90.6 cm³/mol. The van der Waals surface area contributed by atoms with E-state index in [-0.39, 0.29) is 11.8 Å². The Labute approximate surface area is 136 Å². The zero-order chi connectivity index (χ0) is 16.8. The highest BCUT2D eigenvalue weighted by atomic mass is 32.1.